The molecule has 0 spiro atoms. The Kier molecular flexibility index (Phi) is 2.76. The van der Waals surface area contributed by atoms with Crippen LogP contribution in [0.1, 0.15) is 24.4 Å². The van der Waals surface area contributed by atoms with Crippen molar-refractivity contribution in [3.05, 3.63) is 48.0 Å². The summed E-state index contributed by atoms with van der Waals surface area (Å²) in [6.45, 7) is 0. The molecule has 0 aliphatic carbocycles. The Hall–Kier alpha value is -1.87. The molecule has 18 heavy (non-hydrogen) atoms. The summed E-state index contributed by atoms with van der Waals surface area (Å²) in [5, 5.41) is 14.6. The van der Waals surface area contributed by atoms with Crippen LogP contribution in [0, 0.1) is 0 Å². The standard InChI is InChI=1S/C15H15NO2/c17-15(18)14-8-7-13(16-14)12-6-5-10-3-1-2-4-11(10)9-12/h1-6,9,13-14,16H,7-8H2,(H,17,18). The lowest BCUT2D eigenvalue weighted by Gasteiger charge is -2.13. The molecule has 2 aromatic rings. The van der Waals surface area contributed by atoms with E-state index in [0.717, 1.165) is 6.42 Å². The fourth-order valence-electron chi connectivity index (χ4n) is 2.63. The first-order valence-electron chi connectivity index (χ1n) is 6.21. The molecule has 2 atom stereocenters. The van der Waals surface area contributed by atoms with Crippen molar-refractivity contribution in [3.63, 3.8) is 0 Å². The minimum Gasteiger partial charge on any atom is -0.480 e. The highest BCUT2D eigenvalue weighted by atomic mass is 16.4. The molecule has 1 aliphatic rings. The van der Waals surface area contributed by atoms with Crippen molar-refractivity contribution < 1.29 is 9.90 Å². The van der Waals surface area contributed by atoms with Gasteiger partial charge in [-0.3, -0.25) is 10.1 Å². The van der Waals surface area contributed by atoms with Gasteiger partial charge in [-0.1, -0.05) is 36.4 Å². The Morgan fingerprint density at radius 2 is 1.89 bits per heavy atom. The number of hydrogen-bond donors (Lipinski definition) is 2. The molecular weight excluding hydrogens is 226 g/mol. The highest BCUT2D eigenvalue weighted by Gasteiger charge is 2.29. The van der Waals surface area contributed by atoms with Crippen LogP contribution < -0.4 is 5.32 Å². The SMILES string of the molecule is O=C(O)C1CCC(c2ccc3ccccc3c2)N1. The topological polar surface area (TPSA) is 49.3 Å². The summed E-state index contributed by atoms with van der Waals surface area (Å²) in [5.74, 6) is -0.752. The molecule has 0 saturated carbocycles. The Morgan fingerprint density at radius 1 is 1.11 bits per heavy atom. The molecule has 0 radical (unpaired) electrons. The molecule has 0 bridgehead atoms. The number of rotatable bonds is 2. The number of aliphatic carboxylic acids is 1. The van der Waals surface area contributed by atoms with Gasteiger partial charge in [0, 0.05) is 6.04 Å². The molecule has 2 unspecified atom stereocenters. The van der Waals surface area contributed by atoms with Gasteiger partial charge in [0.1, 0.15) is 6.04 Å². The Balaban J connectivity index is 1.89. The molecule has 2 aromatic carbocycles. The molecule has 1 fully saturated rings. The fraction of sp³-hybridized carbons (Fsp3) is 0.267. The van der Waals surface area contributed by atoms with E-state index in [1.807, 2.05) is 12.1 Å². The van der Waals surface area contributed by atoms with Gasteiger partial charge in [-0.2, -0.15) is 0 Å². The third-order valence-corrected chi connectivity index (χ3v) is 3.62. The van der Waals surface area contributed by atoms with Gasteiger partial charge in [0.2, 0.25) is 0 Å². The van der Waals surface area contributed by atoms with E-state index in [1.165, 1.54) is 16.3 Å². The second kappa shape index (κ2) is 4.42. The summed E-state index contributed by atoms with van der Waals surface area (Å²) < 4.78 is 0. The van der Waals surface area contributed by atoms with Crippen LogP contribution in [-0.4, -0.2) is 17.1 Å². The van der Waals surface area contributed by atoms with E-state index >= 15 is 0 Å². The summed E-state index contributed by atoms with van der Waals surface area (Å²) in [6.07, 6.45) is 1.59. The molecule has 92 valence electrons. The summed E-state index contributed by atoms with van der Waals surface area (Å²) >= 11 is 0. The molecule has 2 N–H and O–H groups in total. The second-order valence-corrected chi connectivity index (χ2v) is 4.79. The first-order chi connectivity index (χ1) is 8.74. The molecule has 1 aliphatic heterocycles. The van der Waals surface area contributed by atoms with Crippen LogP contribution in [-0.2, 0) is 4.79 Å². The minimum absolute atomic E-state index is 0.163. The number of fused-ring (bicyclic) bond motifs is 1. The molecule has 3 heteroatoms. The average molecular weight is 241 g/mol. The predicted octanol–water partition coefficient (Wildman–Crippen LogP) is 2.72. The van der Waals surface area contributed by atoms with Crippen molar-refractivity contribution in [2.24, 2.45) is 0 Å². The third-order valence-electron chi connectivity index (χ3n) is 3.62. The Morgan fingerprint density at radius 3 is 2.61 bits per heavy atom. The van der Waals surface area contributed by atoms with Crippen molar-refractivity contribution in [1.29, 1.82) is 0 Å². The van der Waals surface area contributed by atoms with Crippen molar-refractivity contribution >= 4 is 16.7 Å². The van der Waals surface area contributed by atoms with Crippen molar-refractivity contribution in [2.45, 2.75) is 24.9 Å². The van der Waals surface area contributed by atoms with Gasteiger partial charge in [0.25, 0.3) is 0 Å². The van der Waals surface area contributed by atoms with Crippen molar-refractivity contribution in [1.82, 2.24) is 5.32 Å². The summed E-state index contributed by atoms with van der Waals surface area (Å²) in [5.41, 5.74) is 1.18. The van der Waals surface area contributed by atoms with E-state index in [4.69, 9.17) is 5.11 Å². The molecule has 1 heterocycles. The van der Waals surface area contributed by atoms with Crippen LogP contribution in [0.2, 0.25) is 0 Å². The van der Waals surface area contributed by atoms with E-state index in [-0.39, 0.29) is 6.04 Å². The summed E-state index contributed by atoms with van der Waals surface area (Å²) in [4.78, 5) is 10.9. The minimum atomic E-state index is -0.752. The van der Waals surface area contributed by atoms with Crippen LogP contribution in [0.25, 0.3) is 10.8 Å². The average Bonchev–Trinajstić information content (AvgIpc) is 2.88. The van der Waals surface area contributed by atoms with Gasteiger partial charge >= 0.3 is 5.97 Å². The zero-order valence-electron chi connectivity index (χ0n) is 9.97. The number of carboxylic acids is 1. The third kappa shape index (κ3) is 1.97. The normalized spacial score (nSPS) is 23.3. The van der Waals surface area contributed by atoms with E-state index in [0.29, 0.717) is 6.42 Å². The van der Waals surface area contributed by atoms with Gasteiger partial charge in [0.15, 0.2) is 0 Å². The first-order valence-corrected chi connectivity index (χ1v) is 6.21. The largest absolute Gasteiger partial charge is 0.480 e. The van der Waals surface area contributed by atoms with E-state index in [9.17, 15) is 4.79 Å². The maximum absolute atomic E-state index is 10.9. The summed E-state index contributed by atoms with van der Waals surface area (Å²) in [6, 6.07) is 14.3. The van der Waals surface area contributed by atoms with E-state index in [2.05, 4.69) is 35.6 Å². The lowest BCUT2D eigenvalue weighted by molar-refractivity contribution is -0.139. The molecule has 0 aromatic heterocycles. The maximum Gasteiger partial charge on any atom is 0.320 e. The zero-order chi connectivity index (χ0) is 12.5. The molecule has 1 saturated heterocycles. The molecule has 3 rings (SSSR count). The van der Waals surface area contributed by atoms with Crippen LogP contribution in [0.15, 0.2) is 42.5 Å². The smallest absolute Gasteiger partial charge is 0.320 e. The van der Waals surface area contributed by atoms with Gasteiger partial charge in [0.05, 0.1) is 0 Å². The van der Waals surface area contributed by atoms with Crippen LogP contribution >= 0.6 is 0 Å². The van der Waals surface area contributed by atoms with E-state index in [1.54, 1.807) is 0 Å². The number of carbonyl (C=O) groups is 1. The van der Waals surface area contributed by atoms with E-state index < -0.39 is 12.0 Å². The zero-order valence-corrected chi connectivity index (χ0v) is 9.97. The highest BCUT2D eigenvalue weighted by Crippen LogP contribution is 2.28. The molecule has 0 amide bonds. The van der Waals surface area contributed by atoms with Crippen LogP contribution in [0.4, 0.5) is 0 Å². The monoisotopic (exact) mass is 241 g/mol. The number of carboxylic acid groups (broad SMARTS) is 1. The second-order valence-electron chi connectivity index (χ2n) is 4.79. The summed E-state index contributed by atoms with van der Waals surface area (Å²) in [7, 11) is 0. The maximum atomic E-state index is 10.9. The van der Waals surface area contributed by atoms with Gasteiger partial charge in [-0.25, -0.2) is 0 Å². The predicted molar refractivity (Wildman–Crippen MR) is 70.5 cm³/mol. The quantitative estimate of drug-likeness (QED) is 0.850. The van der Waals surface area contributed by atoms with Crippen LogP contribution in [0.5, 0.6) is 0 Å². The van der Waals surface area contributed by atoms with Gasteiger partial charge < -0.3 is 5.11 Å². The Bertz CT molecular complexity index is 594. The molecular formula is C15H15NO2. The highest BCUT2D eigenvalue weighted by molar-refractivity contribution is 5.83. The molecule has 3 nitrogen and oxygen atoms in total. The number of benzene rings is 2. The number of hydrogen-bond acceptors (Lipinski definition) is 2. The van der Waals surface area contributed by atoms with Crippen molar-refractivity contribution in [3.8, 4) is 0 Å². The lowest BCUT2D eigenvalue weighted by Crippen LogP contribution is -2.31. The van der Waals surface area contributed by atoms with Crippen molar-refractivity contribution in [2.75, 3.05) is 0 Å². The Labute approximate surface area is 105 Å². The lowest BCUT2D eigenvalue weighted by atomic mass is 10.0. The fourth-order valence-corrected chi connectivity index (χ4v) is 2.63. The number of nitrogens with one attached hydrogen (secondary N) is 1. The van der Waals surface area contributed by atoms with Gasteiger partial charge in [-0.15, -0.1) is 0 Å². The van der Waals surface area contributed by atoms with Crippen LogP contribution in [0.3, 0.4) is 0 Å². The van der Waals surface area contributed by atoms with Gasteiger partial charge in [-0.05, 0) is 35.2 Å². The first kappa shape index (κ1) is 11.2.